The molecule has 1 saturated heterocycles. The van der Waals surface area contributed by atoms with Gasteiger partial charge < -0.3 is 25.0 Å². The zero-order chi connectivity index (χ0) is 45.7. The van der Waals surface area contributed by atoms with E-state index < -0.39 is 55.2 Å². The van der Waals surface area contributed by atoms with Crippen LogP contribution >= 0.6 is 0 Å². The van der Waals surface area contributed by atoms with Gasteiger partial charge in [0.15, 0.2) is 0 Å². The Morgan fingerprint density at radius 1 is 0.969 bits per heavy atom. The van der Waals surface area contributed by atoms with Gasteiger partial charge >= 0.3 is 6.18 Å². The summed E-state index contributed by atoms with van der Waals surface area (Å²) in [7, 11) is -4.66. The van der Waals surface area contributed by atoms with Gasteiger partial charge in [0.1, 0.15) is 22.8 Å². The van der Waals surface area contributed by atoms with Crippen molar-refractivity contribution in [2.24, 2.45) is 11.8 Å². The third kappa shape index (κ3) is 9.52. The summed E-state index contributed by atoms with van der Waals surface area (Å²) >= 11 is 0. The molecule has 3 aliphatic rings. The van der Waals surface area contributed by atoms with Gasteiger partial charge in [-0.1, -0.05) is 42.5 Å². The Bertz CT molecular complexity index is 2870. The molecule has 1 aliphatic heterocycles. The molecule has 2 aliphatic carbocycles. The van der Waals surface area contributed by atoms with Gasteiger partial charge in [-0.2, -0.15) is 13.2 Å². The van der Waals surface area contributed by atoms with Gasteiger partial charge in [0.2, 0.25) is 0 Å². The van der Waals surface area contributed by atoms with E-state index in [1.54, 1.807) is 61.7 Å². The number of carbonyl (C=O) groups excluding carboxylic acids is 1. The van der Waals surface area contributed by atoms with Gasteiger partial charge in [-0.05, 0) is 134 Å². The number of rotatable bonds is 13. The van der Waals surface area contributed by atoms with E-state index in [2.05, 4.69) is 15.3 Å². The van der Waals surface area contributed by atoms with Crippen molar-refractivity contribution in [2.75, 3.05) is 23.3 Å². The third-order valence-corrected chi connectivity index (χ3v) is 14.3. The summed E-state index contributed by atoms with van der Waals surface area (Å²) in [5.41, 5.74) is 3.17. The monoisotopic (exact) mass is 908 g/mol. The number of nitro groups is 1. The SMILES string of the molecule is C[C@]1(O)CC[C@H](CNc2ccc(S(=O)(=O)NC(=O)c3ccc(-c4ccc(N5CC(C(F)(F)F)CC5c5ccccc5C5CC5)cc4)cc3Oc3cnc4[nH]ccc4c3)cc2[N+](=O)[O-])CC1. The Morgan fingerprint density at radius 2 is 1.69 bits per heavy atom. The molecule has 9 rings (SSSR count). The Hall–Kier alpha value is -6.46. The van der Waals surface area contributed by atoms with Crippen molar-refractivity contribution in [2.45, 2.75) is 80.5 Å². The number of alkyl halides is 3. The van der Waals surface area contributed by atoms with Gasteiger partial charge in [0.25, 0.3) is 21.6 Å². The topological polar surface area (TPSA) is 180 Å². The van der Waals surface area contributed by atoms with Crippen LogP contribution in [-0.2, 0) is 10.0 Å². The van der Waals surface area contributed by atoms with Crippen LogP contribution < -0.4 is 19.7 Å². The summed E-state index contributed by atoms with van der Waals surface area (Å²) in [5.74, 6) is -1.83. The van der Waals surface area contributed by atoms with Crippen LogP contribution in [-0.4, -0.2) is 59.2 Å². The van der Waals surface area contributed by atoms with E-state index in [0.717, 1.165) is 42.9 Å². The minimum atomic E-state index is -4.66. The van der Waals surface area contributed by atoms with Gasteiger partial charge in [-0.15, -0.1) is 0 Å². The van der Waals surface area contributed by atoms with E-state index >= 15 is 0 Å². The number of ether oxygens (including phenoxy) is 1. The number of aromatic amines is 1. The molecule has 2 aromatic heterocycles. The number of carbonyl (C=O) groups is 1. The lowest BCUT2D eigenvalue weighted by molar-refractivity contribution is -0.384. The molecule has 2 atom stereocenters. The summed E-state index contributed by atoms with van der Waals surface area (Å²) in [4.78, 5) is 34.1. The lowest BCUT2D eigenvalue weighted by Gasteiger charge is -2.33. The molecule has 0 radical (unpaired) electrons. The molecule has 13 nitrogen and oxygen atoms in total. The second kappa shape index (κ2) is 17.2. The first-order valence-electron chi connectivity index (χ1n) is 21.6. The number of aromatic nitrogens is 2. The highest BCUT2D eigenvalue weighted by Crippen LogP contribution is 2.50. The average Bonchev–Trinajstić information content (AvgIpc) is 3.84. The number of benzene rings is 4. The molecule has 6 aromatic rings. The Labute approximate surface area is 373 Å². The molecule has 2 saturated carbocycles. The average molecular weight is 909 g/mol. The first-order valence-corrected chi connectivity index (χ1v) is 23.1. The number of amides is 1. The maximum absolute atomic E-state index is 14.2. The number of nitrogens with one attached hydrogen (secondary N) is 3. The van der Waals surface area contributed by atoms with Crippen LogP contribution in [0, 0.1) is 22.0 Å². The number of H-pyrrole nitrogens is 1. The van der Waals surface area contributed by atoms with Crippen LogP contribution in [0.2, 0.25) is 0 Å². The van der Waals surface area contributed by atoms with Gasteiger partial charge in [-0.25, -0.2) is 18.1 Å². The molecule has 1 amide bonds. The quantitative estimate of drug-likeness (QED) is 0.0643. The maximum Gasteiger partial charge on any atom is 0.393 e. The van der Waals surface area contributed by atoms with Crippen LogP contribution in [0.5, 0.6) is 11.5 Å². The van der Waals surface area contributed by atoms with E-state index in [9.17, 15) is 41.6 Å². The highest BCUT2D eigenvalue weighted by Gasteiger charge is 2.48. The first kappa shape index (κ1) is 43.8. The highest BCUT2D eigenvalue weighted by molar-refractivity contribution is 7.90. The number of nitro benzene ring substituents is 1. The van der Waals surface area contributed by atoms with Crippen molar-refractivity contribution < 1.29 is 41.2 Å². The first-order chi connectivity index (χ1) is 31.0. The zero-order valence-electron chi connectivity index (χ0n) is 35.3. The smallest absolute Gasteiger partial charge is 0.393 e. The van der Waals surface area contributed by atoms with Crippen molar-refractivity contribution in [3.05, 3.63) is 136 Å². The molecular weight excluding hydrogens is 862 g/mol. The molecule has 3 fully saturated rings. The fraction of sp³-hybridized carbons (Fsp3) is 0.333. The largest absolute Gasteiger partial charge is 0.455 e. The van der Waals surface area contributed by atoms with Gasteiger partial charge in [-0.3, -0.25) is 14.9 Å². The summed E-state index contributed by atoms with van der Waals surface area (Å²) in [6.45, 7) is 2.00. The van der Waals surface area contributed by atoms with E-state index in [1.807, 2.05) is 33.9 Å². The molecule has 3 heterocycles. The van der Waals surface area contributed by atoms with E-state index in [1.165, 1.54) is 24.4 Å². The third-order valence-electron chi connectivity index (χ3n) is 13.0. The lowest BCUT2D eigenvalue weighted by atomic mass is 9.80. The number of aliphatic hydroxyl groups is 1. The van der Waals surface area contributed by atoms with Crippen LogP contribution in [0.25, 0.3) is 22.2 Å². The number of fused-ring (bicyclic) bond motifs is 1. The van der Waals surface area contributed by atoms with E-state index in [0.29, 0.717) is 53.2 Å². The number of hydrogen-bond acceptors (Lipinski definition) is 10. The summed E-state index contributed by atoms with van der Waals surface area (Å²) in [5, 5.41) is 26.2. The predicted molar refractivity (Wildman–Crippen MR) is 240 cm³/mol. The summed E-state index contributed by atoms with van der Waals surface area (Å²) < 4.78 is 78.4. The second-order valence-electron chi connectivity index (χ2n) is 17.7. The van der Waals surface area contributed by atoms with Crippen LogP contribution in [0.1, 0.15) is 85.3 Å². The predicted octanol–water partition coefficient (Wildman–Crippen LogP) is 10.4. The van der Waals surface area contributed by atoms with Crippen LogP contribution in [0.15, 0.2) is 114 Å². The lowest BCUT2D eigenvalue weighted by Crippen LogP contribution is -2.32. The minimum absolute atomic E-state index is 0.0324. The second-order valence-corrected chi connectivity index (χ2v) is 19.4. The molecule has 338 valence electrons. The number of anilines is 2. The number of hydrogen-bond donors (Lipinski definition) is 4. The Morgan fingerprint density at radius 3 is 2.40 bits per heavy atom. The Kier molecular flexibility index (Phi) is 11.6. The number of halogens is 3. The molecule has 2 unspecified atom stereocenters. The fourth-order valence-corrected chi connectivity index (χ4v) is 10.1. The van der Waals surface area contributed by atoms with Crippen molar-refractivity contribution in [1.29, 1.82) is 0 Å². The molecule has 65 heavy (non-hydrogen) atoms. The van der Waals surface area contributed by atoms with Gasteiger partial charge in [0.05, 0.1) is 39.1 Å². The van der Waals surface area contributed by atoms with Gasteiger partial charge in [0, 0.05) is 36.4 Å². The normalized spacial score (nSPS) is 21.3. The van der Waals surface area contributed by atoms with Crippen LogP contribution in [0.4, 0.5) is 30.2 Å². The van der Waals surface area contributed by atoms with Crippen LogP contribution in [0.3, 0.4) is 0 Å². The number of sulfonamides is 1. The maximum atomic E-state index is 14.2. The van der Waals surface area contributed by atoms with Crippen molar-refractivity contribution in [3.8, 4) is 22.6 Å². The molecular formula is C48H47F3N6O7S. The standard InChI is InChI=1S/C48H47F3N6O7S/c1-47(59)19-16-29(17-20-47)26-53-41-15-13-37(25-43(41)57(60)61)65(62,63)55-46(58)40-14-10-32(23-44(40)64-36-22-33-18-21-52-45(33)54-27-36)30-8-11-35(12-9-30)56-28-34(48(49,50)51)24-42(56)39-5-3-2-4-38(39)31-6-7-31/h2-5,8-15,18,21-23,25,27,29,31,34,42,53,59H,6-7,16-17,19-20,24,26,28H2,1H3,(H,52,54)(H,55,58)/t29-,34?,42?,47-. The van der Waals surface area contributed by atoms with Crippen molar-refractivity contribution in [3.63, 3.8) is 0 Å². The zero-order valence-corrected chi connectivity index (χ0v) is 36.2. The minimum Gasteiger partial charge on any atom is -0.455 e. The van der Waals surface area contributed by atoms with E-state index in [4.69, 9.17) is 4.74 Å². The van der Waals surface area contributed by atoms with Crippen molar-refractivity contribution >= 4 is 44.0 Å². The molecule has 4 N–H and O–H groups in total. The van der Waals surface area contributed by atoms with Crippen molar-refractivity contribution in [1.82, 2.24) is 14.7 Å². The Balaban J connectivity index is 0.983. The fourth-order valence-electron chi connectivity index (χ4n) is 9.13. The number of nitrogens with zero attached hydrogens (tertiary/aromatic N) is 3. The molecule has 4 aromatic carbocycles. The van der Waals surface area contributed by atoms with E-state index in [-0.39, 0.29) is 41.6 Å². The summed E-state index contributed by atoms with van der Waals surface area (Å²) in [6.07, 6.45) is 3.43. The summed E-state index contributed by atoms with van der Waals surface area (Å²) in [6, 6.07) is 25.8. The highest BCUT2D eigenvalue weighted by atomic mass is 32.2. The molecule has 0 bridgehead atoms. The molecule has 17 heteroatoms. The molecule has 0 spiro atoms. The number of pyridine rings is 1.